The first-order valence-corrected chi connectivity index (χ1v) is 11.9. The van der Waals surface area contributed by atoms with Gasteiger partial charge in [0.2, 0.25) is 0 Å². The van der Waals surface area contributed by atoms with Crippen LogP contribution < -0.4 is 10.6 Å². The van der Waals surface area contributed by atoms with Gasteiger partial charge in [0.05, 0.1) is 11.4 Å². The molecule has 2 N–H and O–H groups in total. The lowest BCUT2D eigenvalue weighted by Gasteiger charge is -2.46. The van der Waals surface area contributed by atoms with Gasteiger partial charge in [-0.05, 0) is 65.5 Å². The second kappa shape index (κ2) is 10.0. The Morgan fingerprint density at radius 2 is 1.57 bits per heavy atom. The fourth-order valence-corrected chi connectivity index (χ4v) is 4.90. The summed E-state index contributed by atoms with van der Waals surface area (Å²) in [5.74, 6) is 0. The van der Waals surface area contributed by atoms with Crippen LogP contribution in [-0.2, 0) is 4.74 Å². The third-order valence-electron chi connectivity index (χ3n) is 6.61. The first-order chi connectivity index (χ1) is 14.3. The first-order valence-electron chi connectivity index (χ1n) is 11.9. The van der Waals surface area contributed by atoms with Crippen molar-refractivity contribution in [2.75, 3.05) is 23.7 Å². The van der Waals surface area contributed by atoms with E-state index in [0.29, 0.717) is 11.6 Å². The van der Waals surface area contributed by atoms with E-state index in [-0.39, 0.29) is 0 Å². The zero-order valence-corrected chi connectivity index (χ0v) is 19.4. The lowest BCUT2D eigenvalue weighted by Crippen LogP contribution is -2.52. The first kappa shape index (κ1) is 22.9. The molecule has 0 bridgehead atoms. The van der Waals surface area contributed by atoms with Crippen LogP contribution in [0.15, 0.2) is 24.3 Å². The zero-order chi connectivity index (χ0) is 21.6. The minimum Gasteiger partial charge on any atom is -0.444 e. The fraction of sp³-hybridized carbons (Fsp3) is 0.720. The molecule has 2 aliphatic rings. The van der Waals surface area contributed by atoms with E-state index >= 15 is 0 Å². The van der Waals surface area contributed by atoms with Crippen LogP contribution in [0, 0.1) is 0 Å². The largest absolute Gasteiger partial charge is 0.444 e. The average Bonchev–Trinajstić information content (AvgIpc) is 2.65. The Balaban J connectivity index is 1.55. The number of nitrogens with zero attached hydrogens (tertiary/aromatic N) is 1. The monoisotopic (exact) mass is 415 g/mol. The number of para-hydroxylation sites is 2. The highest BCUT2D eigenvalue weighted by atomic mass is 16.6. The molecular weight excluding hydrogens is 374 g/mol. The SMILES string of the molecule is CC(C)(C)OC(=O)Nc1ccccc1NC1CCN(C2(C)CCCCCCC2)CC1. The van der Waals surface area contributed by atoms with Crippen LogP contribution in [0.1, 0.15) is 85.5 Å². The normalized spacial score (nSPS) is 21.3. The van der Waals surface area contributed by atoms with Gasteiger partial charge < -0.3 is 10.1 Å². The molecule has 1 aromatic carbocycles. The van der Waals surface area contributed by atoms with Crippen LogP contribution >= 0.6 is 0 Å². The van der Waals surface area contributed by atoms with Crippen LogP contribution in [0.2, 0.25) is 0 Å². The molecule has 0 atom stereocenters. The maximum absolute atomic E-state index is 12.2. The summed E-state index contributed by atoms with van der Waals surface area (Å²) < 4.78 is 5.41. The van der Waals surface area contributed by atoms with Crippen molar-refractivity contribution in [1.82, 2.24) is 4.90 Å². The van der Waals surface area contributed by atoms with Crippen molar-refractivity contribution in [2.45, 2.75) is 103 Å². The zero-order valence-electron chi connectivity index (χ0n) is 19.4. The third-order valence-corrected chi connectivity index (χ3v) is 6.61. The predicted molar refractivity (Wildman–Crippen MR) is 125 cm³/mol. The van der Waals surface area contributed by atoms with E-state index in [9.17, 15) is 4.79 Å². The Morgan fingerprint density at radius 1 is 1.00 bits per heavy atom. The van der Waals surface area contributed by atoms with Crippen molar-refractivity contribution in [3.05, 3.63) is 24.3 Å². The van der Waals surface area contributed by atoms with Crippen molar-refractivity contribution in [3.8, 4) is 0 Å². The van der Waals surface area contributed by atoms with Gasteiger partial charge in [-0.1, -0.05) is 44.2 Å². The van der Waals surface area contributed by atoms with Crippen molar-refractivity contribution >= 4 is 17.5 Å². The molecule has 5 nitrogen and oxygen atoms in total. The molecule has 0 unspecified atom stereocenters. The number of amides is 1. The summed E-state index contributed by atoms with van der Waals surface area (Å²) in [5.41, 5.74) is 1.62. The summed E-state index contributed by atoms with van der Waals surface area (Å²) in [6.45, 7) is 10.4. The number of hydrogen-bond donors (Lipinski definition) is 2. The number of anilines is 2. The Morgan fingerprint density at radius 3 is 2.17 bits per heavy atom. The molecule has 1 saturated heterocycles. The van der Waals surface area contributed by atoms with Gasteiger partial charge in [0.1, 0.15) is 5.60 Å². The number of rotatable bonds is 4. The van der Waals surface area contributed by atoms with Gasteiger partial charge in [0.25, 0.3) is 0 Å². The second-order valence-electron chi connectivity index (χ2n) is 10.3. The second-order valence-corrected chi connectivity index (χ2v) is 10.3. The van der Waals surface area contributed by atoms with Gasteiger partial charge in [0.15, 0.2) is 0 Å². The maximum atomic E-state index is 12.2. The van der Waals surface area contributed by atoms with Gasteiger partial charge in [-0.15, -0.1) is 0 Å². The van der Waals surface area contributed by atoms with Crippen LogP contribution in [0.4, 0.5) is 16.2 Å². The smallest absolute Gasteiger partial charge is 0.412 e. The standard InChI is InChI=1S/C25H41N3O2/c1-24(2,3)30-23(29)27-22-13-9-8-12-21(22)26-20-14-18-28(19-15-20)25(4)16-10-6-5-7-11-17-25/h8-9,12-13,20,26H,5-7,10-11,14-19H2,1-4H3,(H,27,29). The molecule has 1 heterocycles. The molecule has 168 valence electrons. The van der Waals surface area contributed by atoms with Crippen molar-refractivity contribution in [3.63, 3.8) is 0 Å². The number of likely N-dealkylation sites (tertiary alicyclic amines) is 1. The van der Waals surface area contributed by atoms with Crippen LogP contribution in [0.25, 0.3) is 0 Å². The maximum Gasteiger partial charge on any atom is 0.412 e. The van der Waals surface area contributed by atoms with E-state index in [0.717, 1.165) is 37.3 Å². The van der Waals surface area contributed by atoms with E-state index in [1.807, 2.05) is 45.0 Å². The summed E-state index contributed by atoms with van der Waals surface area (Å²) in [5, 5.41) is 6.58. The number of ether oxygens (including phenoxy) is 1. The lowest BCUT2D eigenvalue weighted by atomic mass is 9.82. The summed E-state index contributed by atoms with van der Waals surface area (Å²) in [6, 6.07) is 8.34. The van der Waals surface area contributed by atoms with E-state index < -0.39 is 11.7 Å². The highest BCUT2D eigenvalue weighted by molar-refractivity contribution is 5.89. The van der Waals surface area contributed by atoms with Gasteiger partial charge in [0, 0.05) is 24.7 Å². The average molecular weight is 416 g/mol. The number of nitrogens with one attached hydrogen (secondary N) is 2. The molecular formula is C25H41N3O2. The van der Waals surface area contributed by atoms with Crippen molar-refractivity contribution in [1.29, 1.82) is 0 Å². The minimum atomic E-state index is -0.508. The Labute approximate surface area is 182 Å². The predicted octanol–water partition coefficient (Wildman–Crippen LogP) is 6.41. The Bertz CT molecular complexity index is 682. The molecule has 1 aromatic rings. The topological polar surface area (TPSA) is 53.6 Å². The molecule has 5 heteroatoms. The molecule has 1 aliphatic carbocycles. The van der Waals surface area contributed by atoms with Crippen LogP contribution in [0.3, 0.4) is 0 Å². The van der Waals surface area contributed by atoms with E-state index in [1.54, 1.807) is 0 Å². The molecule has 30 heavy (non-hydrogen) atoms. The number of carbonyl (C=O) groups excluding carboxylic acids is 1. The lowest BCUT2D eigenvalue weighted by molar-refractivity contribution is 0.0542. The minimum absolute atomic E-state index is 0.377. The Hall–Kier alpha value is -1.75. The van der Waals surface area contributed by atoms with Crippen molar-refractivity contribution in [2.24, 2.45) is 0 Å². The highest BCUT2D eigenvalue weighted by Gasteiger charge is 2.34. The fourth-order valence-electron chi connectivity index (χ4n) is 4.90. The van der Waals surface area contributed by atoms with Crippen molar-refractivity contribution < 1.29 is 9.53 Å². The number of hydrogen-bond acceptors (Lipinski definition) is 4. The summed E-state index contributed by atoms with van der Waals surface area (Å²) in [6.07, 6.45) is 11.5. The summed E-state index contributed by atoms with van der Waals surface area (Å²) in [7, 11) is 0. The van der Waals surface area contributed by atoms with Crippen LogP contribution in [-0.4, -0.2) is 41.3 Å². The molecule has 0 aromatic heterocycles. The number of piperidine rings is 1. The van der Waals surface area contributed by atoms with E-state index in [2.05, 4.69) is 22.5 Å². The molecule has 1 amide bonds. The number of carbonyl (C=O) groups is 1. The highest BCUT2D eigenvalue weighted by Crippen LogP contribution is 2.34. The molecule has 2 fully saturated rings. The van der Waals surface area contributed by atoms with Gasteiger partial charge in [-0.3, -0.25) is 10.2 Å². The van der Waals surface area contributed by atoms with Gasteiger partial charge in [-0.2, -0.15) is 0 Å². The van der Waals surface area contributed by atoms with Crippen LogP contribution in [0.5, 0.6) is 0 Å². The molecule has 1 aliphatic heterocycles. The summed E-state index contributed by atoms with van der Waals surface area (Å²) >= 11 is 0. The number of benzene rings is 1. The molecule has 3 rings (SSSR count). The molecule has 1 saturated carbocycles. The third kappa shape index (κ3) is 6.63. The van der Waals surface area contributed by atoms with E-state index in [4.69, 9.17) is 4.74 Å². The summed E-state index contributed by atoms with van der Waals surface area (Å²) in [4.78, 5) is 15.0. The van der Waals surface area contributed by atoms with E-state index in [1.165, 1.54) is 44.9 Å². The molecule has 0 spiro atoms. The van der Waals surface area contributed by atoms with Gasteiger partial charge in [-0.25, -0.2) is 4.79 Å². The molecule has 0 radical (unpaired) electrons. The van der Waals surface area contributed by atoms with Gasteiger partial charge >= 0.3 is 6.09 Å². The Kier molecular flexibility index (Phi) is 7.67. The quantitative estimate of drug-likeness (QED) is 0.596.